The molecule has 0 atom stereocenters. The Morgan fingerprint density at radius 2 is 2.04 bits per heavy atom. The van der Waals surface area contributed by atoms with Crippen molar-refractivity contribution in [2.45, 2.75) is 12.8 Å². The molecule has 0 unspecified atom stereocenters. The maximum Gasteiger partial charge on any atom is 0.252 e. The summed E-state index contributed by atoms with van der Waals surface area (Å²) in [5.74, 6) is -0.441. The van der Waals surface area contributed by atoms with Gasteiger partial charge in [0.05, 0.1) is 16.9 Å². The van der Waals surface area contributed by atoms with Crippen molar-refractivity contribution in [3.8, 4) is 11.8 Å². The highest BCUT2D eigenvalue weighted by Gasteiger charge is 2.16. The molecule has 28 heavy (non-hydrogen) atoms. The molecule has 3 rings (SSSR count). The number of benzene rings is 1. The second-order valence-electron chi connectivity index (χ2n) is 5.94. The van der Waals surface area contributed by atoms with E-state index in [0.29, 0.717) is 41.5 Å². The van der Waals surface area contributed by atoms with Crippen LogP contribution in [0.25, 0.3) is 5.69 Å². The van der Waals surface area contributed by atoms with E-state index in [1.54, 1.807) is 12.1 Å². The number of aromatic nitrogens is 3. The number of halogens is 2. The number of hydrogen-bond donors (Lipinski definition) is 2. The van der Waals surface area contributed by atoms with E-state index >= 15 is 0 Å². The summed E-state index contributed by atoms with van der Waals surface area (Å²) < 4.78 is 14.5. The van der Waals surface area contributed by atoms with Crippen LogP contribution in [0, 0.1) is 17.1 Å². The lowest BCUT2D eigenvalue weighted by Gasteiger charge is -2.04. The molecule has 0 fully saturated rings. The van der Waals surface area contributed by atoms with Crippen LogP contribution in [-0.2, 0) is 6.42 Å². The number of nitriles is 1. The quantitative estimate of drug-likeness (QED) is 0.490. The minimum atomic E-state index is -0.373. The first-order valence-electron chi connectivity index (χ1n) is 8.42. The van der Waals surface area contributed by atoms with E-state index in [1.807, 2.05) is 0 Å². The molecule has 1 aromatic carbocycles. The van der Waals surface area contributed by atoms with Gasteiger partial charge in [0.25, 0.3) is 5.91 Å². The van der Waals surface area contributed by atoms with E-state index in [-0.39, 0.29) is 23.1 Å². The fraction of sp³-hybridized carbons (Fsp3) is 0.158. The van der Waals surface area contributed by atoms with Crippen molar-refractivity contribution in [2.24, 2.45) is 0 Å². The molecule has 2 heterocycles. The minimum absolute atomic E-state index is 0.195. The molecule has 1 amide bonds. The van der Waals surface area contributed by atoms with Crippen LogP contribution in [0.2, 0.25) is 5.15 Å². The number of hydrogen-bond acceptors (Lipinski definition) is 5. The fourth-order valence-corrected chi connectivity index (χ4v) is 2.74. The Morgan fingerprint density at radius 1 is 1.29 bits per heavy atom. The van der Waals surface area contributed by atoms with Gasteiger partial charge in [0.2, 0.25) is 0 Å². The van der Waals surface area contributed by atoms with Crippen molar-refractivity contribution in [3.63, 3.8) is 0 Å². The minimum Gasteiger partial charge on any atom is -0.382 e. The number of nitrogens with two attached hydrogens (primary N) is 1. The van der Waals surface area contributed by atoms with Gasteiger partial charge in [-0.05, 0) is 49.2 Å². The Labute approximate surface area is 165 Å². The zero-order valence-electron chi connectivity index (χ0n) is 14.7. The van der Waals surface area contributed by atoms with E-state index in [0.717, 1.165) is 0 Å². The normalized spacial score (nSPS) is 10.5. The Balaban J connectivity index is 1.63. The average Bonchev–Trinajstić information content (AvgIpc) is 3.01. The SMILES string of the molecule is N#Cc1c(CCCNC(=O)c2ccc(Cl)nc2)nn(-c2ccc(F)cc2)c1N. The number of nitrogen functional groups attached to an aromatic ring is 1. The zero-order valence-corrected chi connectivity index (χ0v) is 15.4. The first-order valence-corrected chi connectivity index (χ1v) is 8.80. The molecule has 2 aromatic heterocycles. The number of amides is 1. The fourth-order valence-electron chi connectivity index (χ4n) is 2.62. The number of carbonyl (C=O) groups excluding carboxylic acids is 1. The van der Waals surface area contributed by atoms with Gasteiger partial charge in [-0.15, -0.1) is 0 Å². The lowest BCUT2D eigenvalue weighted by atomic mass is 10.1. The van der Waals surface area contributed by atoms with Gasteiger partial charge in [0, 0.05) is 12.7 Å². The van der Waals surface area contributed by atoms with Crippen molar-refractivity contribution in [2.75, 3.05) is 12.3 Å². The second-order valence-corrected chi connectivity index (χ2v) is 6.32. The maximum atomic E-state index is 13.1. The second kappa shape index (κ2) is 8.50. The van der Waals surface area contributed by atoms with Crippen molar-refractivity contribution in [1.82, 2.24) is 20.1 Å². The van der Waals surface area contributed by atoms with E-state index in [4.69, 9.17) is 17.3 Å². The third-order valence-electron chi connectivity index (χ3n) is 4.04. The highest BCUT2D eigenvalue weighted by atomic mass is 35.5. The molecule has 0 saturated heterocycles. The van der Waals surface area contributed by atoms with Crippen LogP contribution in [-0.4, -0.2) is 27.2 Å². The molecular weight excluding hydrogens is 383 g/mol. The first-order chi connectivity index (χ1) is 13.5. The molecule has 0 spiro atoms. The highest BCUT2D eigenvalue weighted by Crippen LogP contribution is 2.21. The number of pyridine rings is 1. The Kier molecular flexibility index (Phi) is 5.87. The summed E-state index contributed by atoms with van der Waals surface area (Å²) in [7, 11) is 0. The zero-order chi connectivity index (χ0) is 20.1. The summed E-state index contributed by atoms with van der Waals surface area (Å²) in [6.45, 7) is 0.385. The van der Waals surface area contributed by atoms with Crippen LogP contribution in [0.4, 0.5) is 10.2 Å². The Hall–Kier alpha value is -3.44. The van der Waals surface area contributed by atoms with Crippen molar-refractivity contribution in [3.05, 3.63) is 70.4 Å². The standard InChI is InChI=1S/C19H16ClFN6O/c20-17-8-3-12(11-25-17)19(28)24-9-1-2-16-15(10-22)18(23)27(26-16)14-6-4-13(21)5-7-14/h3-8,11H,1-2,9,23H2,(H,24,28). The molecule has 0 aliphatic rings. The lowest BCUT2D eigenvalue weighted by Crippen LogP contribution is -2.24. The Morgan fingerprint density at radius 3 is 2.68 bits per heavy atom. The van der Waals surface area contributed by atoms with Gasteiger partial charge in [0.15, 0.2) is 0 Å². The number of carbonyl (C=O) groups is 1. The molecule has 0 radical (unpaired) electrons. The van der Waals surface area contributed by atoms with Crippen LogP contribution in [0.15, 0.2) is 42.6 Å². The van der Waals surface area contributed by atoms with Gasteiger partial charge in [-0.2, -0.15) is 10.4 Å². The molecule has 9 heteroatoms. The van der Waals surface area contributed by atoms with Gasteiger partial charge >= 0.3 is 0 Å². The van der Waals surface area contributed by atoms with Crippen LogP contribution < -0.4 is 11.1 Å². The van der Waals surface area contributed by atoms with Gasteiger partial charge in [0.1, 0.15) is 28.4 Å². The number of nitrogens with zero attached hydrogens (tertiary/aromatic N) is 4. The molecule has 3 N–H and O–H groups in total. The van der Waals surface area contributed by atoms with E-state index < -0.39 is 0 Å². The first kappa shape index (κ1) is 19.3. The molecule has 3 aromatic rings. The monoisotopic (exact) mass is 398 g/mol. The summed E-state index contributed by atoms with van der Waals surface area (Å²) in [6, 6.07) is 10.8. The molecule has 0 aliphatic carbocycles. The molecule has 0 saturated carbocycles. The van der Waals surface area contributed by atoms with Crippen LogP contribution in [0.1, 0.15) is 28.0 Å². The third-order valence-corrected chi connectivity index (χ3v) is 4.27. The van der Waals surface area contributed by atoms with Crippen molar-refractivity contribution < 1.29 is 9.18 Å². The van der Waals surface area contributed by atoms with Gasteiger partial charge in [-0.25, -0.2) is 14.1 Å². The number of aryl methyl sites for hydroxylation is 1. The molecule has 142 valence electrons. The third kappa shape index (κ3) is 4.27. The summed E-state index contributed by atoms with van der Waals surface area (Å²) >= 11 is 5.70. The maximum absolute atomic E-state index is 13.1. The summed E-state index contributed by atoms with van der Waals surface area (Å²) in [5, 5.41) is 16.9. The molecule has 0 bridgehead atoms. The number of anilines is 1. The predicted molar refractivity (Wildman–Crippen MR) is 103 cm³/mol. The van der Waals surface area contributed by atoms with Gasteiger partial charge in [-0.3, -0.25) is 4.79 Å². The van der Waals surface area contributed by atoms with Crippen molar-refractivity contribution >= 4 is 23.3 Å². The van der Waals surface area contributed by atoms with Crippen LogP contribution in [0.5, 0.6) is 0 Å². The smallest absolute Gasteiger partial charge is 0.252 e. The van der Waals surface area contributed by atoms with Crippen LogP contribution in [0.3, 0.4) is 0 Å². The number of nitrogens with one attached hydrogen (secondary N) is 1. The lowest BCUT2D eigenvalue weighted by molar-refractivity contribution is 0.0953. The van der Waals surface area contributed by atoms with Crippen LogP contribution >= 0.6 is 11.6 Å². The molecule has 7 nitrogen and oxygen atoms in total. The summed E-state index contributed by atoms with van der Waals surface area (Å²) in [6.07, 6.45) is 2.40. The predicted octanol–water partition coefficient (Wildman–Crippen LogP) is 2.88. The Bertz CT molecular complexity index is 1020. The van der Waals surface area contributed by atoms with Crippen molar-refractivity contribution in [1.29, 1.82) is 5.26 Å². The summed E-state index contributed by atoms with van der Waals surface area (Å²) in [4.78, 5) is 15.9. The summed E-state index contributed by atoms with van der Waals surface area (Å²) in [5.41, 5.74) is 7.79. The molecule has 0 aliphatic heterocycles. The van der Waals surface area contributed by atoms with E-state index in [2.05, 4.69) is 21.5 Å². The largest absolute Gasteiger partial charge is 0.382 e. The number of rotatable bonds is 6. The van der Waals surface area contributed by atoms with Gasteiger partial charge < -0.3 is 11.1 Å². The average molecular weight is 399 g/mol. The highest BCUT2D eigenvalue weighted by molar-refractivity contribution is 6.29. The van der Waals surface area contributed by atoms with Gasteiger partial charge in [-0.1, -0.05) is 11.6 Å². The topological polar surface area (TPSA) is 110 Å². The van der Waals surface area contributed by atoms with E-state index in [1.165, 1.54) is 35.1 Å². The van der Waals surface area contributed by atoms with E-state index in [9.17, 15) is 14.4 Å². The molecular formula is C19H16ClFN6O.